The minimum Gasteiger partial charge on any atom is -0.478 e. The van der Waals surface area contributed by atoms with E-state index in [0.29, 0.717) is 23.3 Å². The average molecular weight is 440 g/mol. The van der Waals surface area contributed by atoms with Crippen LogP contribution in [-0.4, -0.2) is 22.6 Å². The van der Waals surface area contributed by atoms with Crippen LogP contribution in [0.5, 0.6) is 0 Å². The molecule has 5 heteroatoms. The molecule has 2 bridgehead atoms. The predicted octanol–water partition coefficient (Wildman–Crippen LogP) is 5.73. The number of nitrogens with zero attached hydrogens (tertiary/aromatic N) is 1. The summed E-state index contributed by atoms with van der Waals surface area (Å²) in [6.07, 6.45) is 6.69. The van der Waals surface area contributed by atoms with E-state index in [1.165, 1.54) is 36.1 Å². The Labute approximate surface area is 194 Å². The van der Waals surface area contributed by atoms with Crippen molar-refractivity contribution >= 4 is 17.5 Å². The summed E-state index contributed by atoms with van der Waals surface area (Å²) in [5.41, 5.74) is 5.51. The van der Waals surface area contributed by atoms with Crippen LogP contribution in [0.25, 0.3) is 0 Å². The Morgan fingerprint density at radius 1 is 1.06 bits per heavy atom. The molecule has 0 spiro atoms. The maximum Gasteiger partial charge on any atom is 0.335 e. The number of hydrogen-bond donors (Lipinski definition) is 3. The molecule has 2 heterocycles. The van der Waals surface area contributed by atoms with Crippen LogP contribution in [0.1, 0.15) is 58.3 Å². The summed E-state index contributed by atoms with van der Waals surface area (Å²) in [7, 11) is 0. The summed E-state index contributed by atoms with van der Waals surface area (Å²) >= 11 is 0. The zero-order valence-electron chi connectivity index (χ0n) is 18.6. The van der Waals surface area contributed by atoms with E-state index in [4.69, 9.17) is 0 Å². The molecule has 5 nitrogen and oxygen atoms in total. The number of pyridine rings is 1. The van der Waals surface area contributed by atoms with E-state index in [-0.39, 0.29) is 6.04 Å². The number of aromatic carboxylic acids is 1. The standard InChI is InChI=1S/C28H29N3O2/c32-28(33)21-5-3-4-20(16-21)27-26-19-9-8-18(15-19)25(26)22-14-17(7-10-23(22)31-27)11-13-30-24-6-1-2-12-29-24/h1-7,10,12,14,16,18-19,25-27,31H,8-9,11,13,15H2,(H,29,30)(H,32,33)/t18-,19-,25-,26+,27-/m0/s1. The summed E-state index contributed by atoms with van der Waals surface area (Å²) in [5, 5.41) is 16.7. The molecule has 1 aliphatic heterocycles. The molecular formula is C28H29N3O2. The van der Waals surface area contributed by atoms with Gasteiger partial charge in [0.05, 0.1) is 11.6 Å². The molecule has 2 aliphatic carbocycles. The lowest BCUT2D eigenvalue weighted by atomic mass is 9.67. The normalized spacial score (nSPS) is 26.8. The lowest BCUT2D eigenvalue weighted by Gasteiger charge is -2.43. The predicted molar refractivity (Wildman–Crippen MR) is 130 cm³/mol. The number of benzene rings is 2. The molecule has 168 valence electrons. The van der Waals surface area contributed by atoms with Gasteiger partial charge in [-0.1, -0.05) is 30.3 Å². The van der Waals surface area contributed by atoms with Gasteiger partial charge in [-0.15, -0.1) is 0 Å². The Hall–Kier alpha value is -3.34. The van der Waals surface area contributed by atoms with Crippen molar-refractivity contribution in [1.82, 2.24) is 4.98 Å². The van der Waals surface area contributed by atoms with Crippen molar-refractivity contribution in [2.75, 3.05) is 17.2 Å². The fraction of sp³-hybridized carbons (Fsp3) is 0.357. The van der Waals surface area contributed by atoms with Crippen LogP contribution in [0.3, 0.4) is 0 Å². The zero-order chi connectivity index (χ0) is 22.4. The highest BCUT2D eigenvalue weighted by Gasteiger charge is 2.53. The van der Waals surface area contributed by atoms with Gasteiger partial charge in [0.15, 0.2) is 0 Å². The van der Waals surface area contributed by atoms with Crippen LogP contribution in [0.4, 0.5) is 11.5 Å². The van der Waals surface area contributed by atoms with Crippen LogP contribution in [0.15, 0.2) is 66.9 Å². The second-order valence-electron chi connectivity index (χ2n) is 9.80. The van der Waals surface area contributed by atoms with Crippen LogP contribution in [-0.2, 0) is 6.42 Å². The SMILES string of the molecule is O=C(O)c1cccc([C@@H]2Nc3ccc(CCNc4ccccn4)cc3[C@@H]3[C@H]4CC[C@@H](C4)[C@H]32)c1. The summed E-state index contributed by atoms with van der Waals surface area (Å²) in [4.78, 5) is 15.9. The highest BCUT2D eigenvalue weighted by molar-refractivity contribution is 5.87. The molecule has 1 aromatic heterocycles. The molecule has 0 amide bonds. The maximum atomic E-state index is 11.6. The largest absolute Gasteiger partial charge is 0.478 e. The first kappa shape index (κ1) is 20.3. The summed E-state index contributed by atoms with van der Waals surface area (Å²) < 4.78 is 0. The number of rotatable bonds is 6. The minimum atomic E-state index is -0.860. The number of nitrogens with one attached hydrogen (secondary N) is 2. The Balaban J connectivity index is 1.28. The van der Waals surface area contributed by atoms with E-state index in [2.05, 4.69) is 39.9 Å². The Morgan fingerprint density at radius 2 is 1.97 bits per heavy atom. The molecule has 3 aliphatic rings. The topological polar surface area (TPSA) is 74.2 Å². The first-order chi connectivity index (χ1) is 16.2. The Kier molecular flexibility index (Phi) is 5.05. The average Bonchev–Trinajstić information content (AvgIpc) is 3.47. The quantitative estimate of drug-likeness (QED) is 0.457. The van der Waals surface area contributed by atoms with E-state index < -0.39 is 5.97 Å². The number of hydrogen-bond acceptors (Lipinski definition) is 4. The van der Waals surface area contributed by atoms with Crippen LogP contribution in [0, 0.1) is 17.8 Å². The van der Waals surface area contributed by atoms with Crippen molar-refractivity contribution < 1.29 is 9.90 Å². The van der Waals surface area contributed by atoms with Gasteiger partial charge in [-0.25, -0.2) is 9.78 Å². The fourth-order valence-electron chi connectivity index (χ4n) is 6.69. The lowest BCUT2D eigenvalue weighted by molar-refractivity contribution is 0.0696. The van der Waals surface area contributed by atoms with E-state index in [1.54, 1.807) is 6.07 Å². The van der Waals surface area contributed by atoms with Crippen LogP contribution >= 0.6 is 0 Å². The van der Waals surface area contributed by atoms with Crippen molar-refractivity contribution in [2.45, 2.75) is 37.6 Å². The summed E-state index contributed by atoms with van der Waals surface area (Å²) in [5.74, 6) is 2.60. The van der Waals surface area contributed by atoms with E-state index in [9.17, 15) is 9.90 Å². The number of fused-ring (bicyclic) bond motifs is 7. The maximum absolute atomic E-state index is 11.6. The van der Waals surface area contributed by atoms with Crippen LogP contribution < -0.4 is 10.6 Å². The number of carboxylic acids is 1. The molecule has 2 saturated carbocycles. The van der Waals surface area contributed by atoms with Crippen LogP contribution in [0.2, 0.25) is 0 Å². The van der Waals surface area contributed by atoms with Gasteiger partial charge in [0.25, 0.3) is 0 Å². The number of aromatic nitrogens is 1. The molecule has 2 fully saturated rings. The molecular weight excluding hydrogens is 410 g/mol. The summed E-state index contributed by atoms with van der Waals surface area (Å²) in [6.45, 7) is 0.855. The van der Waals surface area contributed by atoms with Gasteiger partial charge in [-0.05, 0) is 96.4 Å². The minimum absolute atomic E-state index is 0.175. The van der Waals surface area contributed by atoms with E-state index in [0.717, 1.165) is 30.3 Å². The zero-order valence-corrected chi connectivity index (χ0v) is 18.6. The highest BCUT2D eigenvalue weighted by atomic mass is 16.4. The Bertz CT molecular complexity index is 1180. The number of carbonyl (C=O) groups is 1. The van der Waals surface area contributed by atoms with Gasteiger partial charge in [-0.3, -0.25) is 0 Å². The van der Waals surface area contributed by atoms with Crippen molar-refractivity contribution in [3.05, 3.63) is 89.1 Å². The lowest BCUT2D eigenvalue weighted by Crippen LogP contribution is -2.35. The summed E-state index contributed by atoms with van der Waals surface area (Å²) in [6, 6.07) is 20.5. The molecule has 6 rings (SSSR count). The molecule has 5 atom stereocenters. The van der Waals surface area contributed by atoms with E-state index in [1.807, 2.05) is 36.5 Å². The molecule has 0 saturated heterocycles. The van der Waals surface area contributed by atoms with Gasteiger partial charge in [0, 0.05) is 18.4 Å². The smallest absolute Gasteiger partial charge is 0.335 e. The van der Waals surface area contributed by atoms with Crippen molar-refractivity contribution in [3.8, 4) is 0 Å². The van der Waals surface area contributed by atoms with Gasteiger partial charge >= 0.3 is 5.97 Å². The first-order valence-electron chi connectivity index (χ1n) is 12.0. The number of carboxylic acid groups (broad SMARTS) is 1. The van der Waals surface area contributed by atoms with Gasteiger partial charge < -0.3 is 15.7 Å². The molecule has 0 unspecified atom stereocenters. The second kappa shape index (κ2) is 8.22. The van der Waals surface area contributed by atoms with E-state index >= 15 is 0 Å². The monoisotopic (exact) mass is 439 g/mol. The molecule has 2 aromatic carbocycles. The third-order valence-electron chi connectivity index (χ3n) is 8.03. The number of anilines is 2. The van der Waals surface area contributed by atoms with Gasteiger partial charge in [-0.2, -0.15) is 0 Å². The van der Waals surface area contributed by atoms with Gasteiger partial charge in [0.2, 0.25) is 0 Å². The molecule has 3 aromatic rings. The van der Waals surface area contributed by atoms with Crippen molar-refractivity contribution in [2.24, 2.45) is 17.8 Å². The van der Waals surface area contributed by atoms with Crippen molar-refractivity contribution in [1.29, 1.82) is 0 Å². The van der Waals surface area contributed by atoms with Gasteiger partial charge in [0.1, 0.15) is 5.82 Å². The highest BCUT2D eigenvalue weighted by Crippen LogP contribution is 2.63. The third-order valence-corrected chi connectivity index (χ3v) is 8.03. The second-order valence-corrected chi connectivity index (χ2v) is 9.80. The third kappa shape index (κ3) is 3.65. The molecule has 33 heavy (non-hydrogen) atoms. The molecule has 3 N–H and O–H groups in total. The van der Waals surface area contributed by atoms with Crippen molar-refractivity contribution in [3.63, 3.8) is 0 Å². The Morgan fingerprint density at radius 3 is 2.82 bits per heavy atom. The molecule has 0 radical (unpaired) electrons. The fourth-order valence-corrected chi connectivity index (χ4v) is 6.69. The first-order valence-corrected chi connectivity index (χ1v) is 12.0.